The van der Waals surface area contributed by atoms with Crippen LogP contribution in [0.4, 0.5) is 0 Å². The number of hydrogen-bond donors (Lipinski definition) is 0. The lowest BCUT2D eigenvalue weighted by Gasteiger charge is -2.34. The third-order valence-corrected chi connectivity index (χ3v) is 5.52. The number of rotatable bonds is 9. The second kappa shape index (κ2) is 9.72. The van der Waals surface area contributed by atoms with Gasteiger partial charge in [0.1, 0.15) is 14.5 Å². The van der Waals surface area contributed by atoms with Crippen LogP contribution in [0.15, 0.2) is 4.95 Å². The number of carbonyl (C=O) groups excluding carboxylic acids is 1. The van der Waals surface area contributed by atoms with Crippen molar-refractivity contribution in [3.8, 4) is 0 Å². The van der Waals surface area contributed by atoms with Gasteiger partial charge in [-0.05, 0) is 38.8 Å². The quantitative estimate of drug-likeness (QED) is 0.279. The summed E-state index contributed by atoms with van der Waals surface area (Å²) in [5.41, 5.74) is -0.459. The molecule has 0 saturated carbocycles. The van der Waals surface area contributed by atoms with Gasteiger partial charge in [0.2, 0.25) is 0 Å². The van der Waals surface area contributed by atoms with Crippen LogP contribution in [0.25, 0.3) is 0 Å². The minimum atomic E-state index is -0.459. The average Bonchev–Trinajstić information content (AvgIpc) is 2.46. The van der Waals surface area contributed by atoms with Crippen LogP contribution in [-0.4, -0.2) is 67.9 Å². The van der Waals surface area contributed by atoms with Gasteiger partial charge in [0.15, 0.2) is 0 Å². The van der Waals surface area contributed by atoms with E-state index in [1.807, 2.05) is 13.8 Å². The Balaban J connectivity index is 2.21. The Labute approximate surface area is 132 Å². The number of nitroso groups, excluding NO2 is 1. The van der Waals surface area contributed by atoms with Gasteiger partial charge in [-0.15, -0.1) is 16.3 Å². The molecule has 0 aromatic rings. The van der Waals surface area contributed by atoms with E-state index in [9.17, 15) is 9.70 Å². The van der Waals surface area contributed by atoms with Crippen LogP contribution in [0.5, 0.6) is 0 Å². The molecule has 1 heterocycles. The first kappa shape index (κ1) is 18.8. The van der Waals surface area contributed by atoms with Gasteiger partial charge in [-0.3, -0.25) is 4.79 Å². The number of ether oxygens (including phenoxy) is 1. The molecule has 1 aliphatic rings. The standard InChI is InChI=1S/C13H26N3O3PS/c1-13(2,12(17)19-10-11-21-20-14-18)4-5-16-8-6-15(3)7-9-16/h20H,4-11H2,1-3H3. The predicted molar refractivity (Wildman–Crippen MR) is 89.9 cm³/mol. The van der Waals surface area contributed by atoms with E-state index in [0.29, 0.717) is 12.4 Å². The summed E-state index contributed by atoms with van der Waals surface area (Å²) in [7, 11) is 2.13. The van der Waals surface area contributed by atoms with E-state index < -0.39 is 5.41 Å². The summed E-state index contributed by atoms with van der Waals surface area (Å²) in [6, 6.07) is 0. The van der Waals surface area contributed by atoms with Crippen molar-refractivity contribution in [3.05, 3.63) is 4.91 Å². The molecule has 1 rings (SSSR count). The zero-order valence-electron chi connectivity index (χ0n) is 13.1. The molecule has 6 nitrogen and oxygen atoms in total. The zero-order chi connectivity index (χ0) is 15.7. The fourth-order valence-corrected chi connectivity index (χ4v) is 3.05. The monoisotopic (exact) mass is 335 g/mol. The summed E-state index contributed by atoms with van der Waals surface area (Å²) in [6.07, 6.45) is 0.806. The normalized spacial score (nSPS) is 18.2. The zero-order valence-corrected chi connectivity index (χ0v) is 14.9. The molecule has 21 heavy (non-hydrogen) atoms. The first-order valence-corrected chi connectivity index (χ1v) is 9.89. The molecule has 1 saturated heterocycles. The van der Waals surface area contributed by atoms with Gasteiger partial charge in [0.05, 0.1) is 5.41 Å². The molecule has 0 N–H and O–H groups in total. The molecule has 1 aliphatic heterocycles. The summed E-state index contributed by atoms with van der Waals surface area (Å²) < 4.78 is 5.28. The number of hydrogen-bond acceptors (Lipinski definition) is 7. The molecule has 122 valence electrons. The summed E-state index contributed by atoms with van der Waals surface area (Å²) in [6.45, 7) is 9.47. The lowest BCUT2D eigenvalue weighted by molar-refractivity contribution is -0.153. The highest BCUT2D eigenvalue weighted by Gasteiger charge is 2.30. The molecule has 0 radical (unpaired) electrons. The molecular formula is C13H26N3O3PS. The Bertz CT molecular complexity index is 337. The largest absolute Gasteiger partial charge is 0.464 e. The Kier molecular flexibility index (Phi) is 8.71. The molecule has 0 amide bonds. The number of nitrogens with zero attached hydrogens (tertiary/aromatic N) is 3. The van der Waals surface area contributed by atoms with Crippen molar-refractivity contribution in [1.82, 2.24) is 9.80 Å². The van der Waals surface area contributed by atoms with Crippen LogP contribution in [0, 0.1) is 10.3 Å². The average molecular weight is 335 g/mol. The number of piperazine rings is 1. The second-order valence-electron chi connectivity index (χ2n) is 5.95. The first-order valence-electron chi connectivity index (χ1n) is 7.23. The Morgan fingerprint density at radius 3 is 2.62 bits per heavy atom. The lowest BCUT2D eigenvalue weighted by Crippen LogP contribution is -2.45. The third-order valence-electron chi connectivity index (χ3n) is 3.72. The van der Waals surface area contributed by atoms with Crippen molar-refractivity contribution < 1.29 is 9.53 Å². The van der Waals surface area contributed by atoms with Crippen LogP contribution in [0.1, 0.15) is 20.3 Å². The van der Waals surface area contributed by atoms with Gasteiger partial charge in [0.25, 0.3) is 0 Å². The highest BCUT2D eigenvalue weighted by atomic mass is 32.7. The summed E-state index contributed by atoms with van der Waals surface area (Å²) in [5, 5.41) is 0. The molecule has 0 bridgehead atoms. The van der Waals surface area contributed by atoms with Gasteiger partial charge >= 0.3 is 5.97 Å². The molecule has 0 aromatic carbocycles. The van der Waals surface area contributed by atoms with Crippen LogP contribution in [0.2, 0.25) is 0 Å². The maximum Gasteiger partial charge on any atom is 0.311 e. The summed E-state index contributed by atoms with van der Waals surface area (Å²) in [5.74, 6) is 0.476. The molecule has 1 atom stereocenters. The summed E-state index contributed by atoms with van der Waals surface area (Å²) in [4.78, 5) is 29.5. The van der Waals surface area contributed by atoms with E-state index in [1.54, 1.807) is 0 Å². The fourth-order valence-electron chi connectivity index (χ4n) is 2.05. The maximum atomic E-state index is 12.1. The molecule has 0 aromatic heterocycles. The van der Waals surface area contributed by atoms with Crippen LogP contribution in [-0.2, 0) is 9.53 Å². The van der Waals surface area contributed by atoms with Crippen molar-refractivity contribution >= 4 is 25.3 Å². The number of carbonyl (C=O) groups is 1. The molecule has 0 spiro atoms. The summed E-state index contributed by atoms with van der Waals surface area (Å²) >= 11 is 1.40. The Hall–Kier alpha value is -0.230. The topological polar surface area (TPSA) is 62.2 Å². The lowest BCUT2D eigenvalue weighted by atomic mass is 9.89. The second-order valence-corrected chi connectivity index (χ2v) is 8.42. The highest BCUT2D eigenvalue weighted by molar-refractivity contribution is 8.49. The molecule has 1 unspecified atom stereocenters. The number of esters is 1. The van der Waals surface area contributed by atoms with Crippen molar-refractivity contribution in [3.63, 3.8) is 0 Å². The third kappa shape index (κ3) is 7.54. The first-order chi connectivity index (χ1) is 9.95. The molecule has 8 heteroatoms. The van der Waals surface area contributed by atoms with Crippen molar-refractivity contribution in [1.29, 1.82) is 0 Å². The van der Waals surface area contributed by atoms with E-state index in [2.05, 4.69) is 21.8 Å². The Morgan fingerprint density at radius 1 is 1.33 bits per heavy atom. The highest BCUT2D eigenvalue weighted by Crippen LogP contribution is 2.29. The Morgan fingerprint density at radius 2 is 2.00 bits per heavy atom. The van der Waals surface area contributed by atoms with E-state index in [-0.39, 0.29) is 13.9 Å². The maximum absolute atomic E-state index is 12.1. The minimum absolute atomic E-state index is 0.0100. The van der Waals surface area contributed by atoms with Crippen LogP contribution in [0.3, 0.4) is 0 Å². The van der Waals surface area contributed by atoms with Gasteiger partial charge in [0, 0.05) is 31.9 Å². The SMILES string of the molecule is CN1CCN(CCC(C)(C)C(=O)OCCSPN=O)CC1. The van der Waals surface area contributed by atoms with Crippen LogP contribution < -0.4 is 0 Å². The molecular weight excluding hydrogens is 309 g/mol. The van der Waals surface area contributed by atoms with Gasteiger partial charge in [-0.25, -0.2) is 0 Å². The van der Waals surface area contributed by atoms with Crippen molar-refractivity contribution in [2.24, 2.45) is 10.4 Å². The fraction of sp³-hybridized carbons (Fsp3) is 0.923. The van der Waals surface area contributed by atoms with E-state index in [0.717, 1.165) is 39.1 Å². The smallest absolute Gasteiger partial charge is 0.311 e. The van der Waals surface area contributed by atoms with E-state index in [4.69, 9.17) is 4.74 Å². The van der Waals surface area contributed by atoms with Gasteiger partial charge in [-0.1, -0.05) is 0 Å². The van der Waals surface area contributed by atoms with Gasteiger partial charge in [-0.2, -0.15) is 0 Å². The van der Waals surface area contributed by atoms with Gasteiger partial charge < -0.3 is 14.5 Å². The van der Waals surface area contributed by atoms with E-state index in [1.165, 1.54) is 11.4 Å². The number of likely N-dealkylation sites (N-methyl/N-ethyl adjacent to an activating group) is 1. The van der Waals surface area contributed by atoms with Crippen LogP contribution >= 0.6 is 19.3 Å². The predicted octanol–water partition coefficient (Wildman–Crippen LogP) is 2.20. The van der Waals surface area contributed by atoms with Crippen molar-refractivity contribution in [2.75, 3.05) is 52.1 Å². The molecule has 1 fully saturated rings. The van der Waals surface area contributed by atoms with Crippen molar-refractivity contribution in [2.45, 2.75) is 20.3 Å². The molecule has 0 aliphatic carbocycles. The van der Waals surface area contributed by atoms with E-state index >= 15 is 0 Å². The minimum Gasteiger partial charge on any atom is -0.464 e.